The van der Waals surface area contributed by atoms with Crippen LogP contribution in [0.25, 0.3) is 0 Å². The molecule has 0 aliphatic rings. The number of aromatic nitrogens is 1. The highest BCUT2D eigenvalue weighted by molar-refractivity contribution is 7.90. The first-order chi connectivity index (χ1) is 13.6. The standard InChI is InChI=1S/C21H23N3O3S/c25-23-13-4-7-20-12-14-24(17-20)28(26,27)21-10-8-19(9-11-21)16-22-15-18-5-2-1-3-6-18/h1-6,8-14,17,22-23,25H,7,15-16H2/b13-4+. The number of nitrogens with one attached hydrogen (secondary N) is 2. The summed E-state index contributed by atoms with van der Waals surface area (Å²) in [6.45, 7) is 1.42. The monoisotopic (exact) mass is 397 g/mol. The molecule has 6 nitrogen and oxygen atoms in total. The van der Waals surface area contributed by atoms with Crippen molar-refractivity contribution >= 4 is 10.0 Å². The summed E-state index contributed by atoms with van der Waals surface area (Å²) >= 11 is 0. The number of rotatable bonds is 9. The molecule has 1 aromatic heterocycles. The Labute approximate surface area is 165 Å². The number of allylic oxidation sites excluding steroid dienone is 1. The van der Waals surface area contributed by atoms with Crippen LogP contribution in [0.2, 0.25) is 0 Å². The van der Waals surface area contributed by atoms with Crippen molar-refractivity contribution in [2.45, 2.75) is 24.4 Å². The molecule has 0 amide bonds. The minimum absolute atomic E-state index is 0.244. The van der Waals surface area contributed by atoms with Crippen LogP contribution < -0.4 is 10.8 Å². The van der Waals surface area contributed by atoms with Gasteiger partial charge >= 0.3 is 0 Å². The third kappa shape index (κ3) is 5.10. The molecule has 146 valence electrons. The Kier molecular flexibility index (Phi) is 6.65. The molecule has 1 heterocycles. The summed E-state index contributed by atoms with van der Waals surface area (Å²) in [5.41, 5.74) is 4.97. The van der Waals surface area contributed by atoms with Crippen molar-refractivity contribution in [3.63, 3.8) is 0 Å². The summed E-state index contributed by atoms with van der Waals surface area (Å²) in [4.78, 5) is 0.244. The molecular weight excluding hydrogens is 374 g/mol. The van der Waals surface area contributed by atoms with Gasteiger partial charge in [0.05, 0.1) is 4.90 Å². The van der Waals surface area contributed by atoms with E-state index in [-0.39, 0.29) is 4.90 Å². The van der Waals surface area contributed by atoms with Crippen molar-refractivity contribution in [2.75, 3.05) is 0 Å². The Morgan fingerprint density at radius 1 is 0.893 bits per heavy atom. The Bertz CT molecular complexity index is 1010. The van der Waals surface area contributed by atoms with Crippen molar-refractivity contribution in [3.8, 4) is 0 Å². The Hall–Kier alpha value is -2.87. The fourth-order valence-electron chi connectivity index (χ4n) is 2.78. The normalized spacial score (nSPS) is 11.8. The first kappa shape index (κ1) is 19.9. The lowest BCUT2D eigenvalue weighted by Gasteiger charge is -2.08. The van der Waals surface area contributed by atoms with E-state index in [2.05, 4.69) is 17.4 Å². The van der Waals surface area contributed by atoms with E-state index in [1.165, 1.54) is 21.9 Å². The zero-order valence-corrected chi connectivity index (χ0v) is 16.1. The summed E-state index contributed by atoms with van der Waals surface area (Å²) in [5, 5.41) is 11.9. The molecule has 0 saturated carbocycles. The topological polar surface area (TPSA) is 83.4 Å². The number of hydrogen-bond donors (Lipinski definition) is 3. The minimum atomic E-state index is -3.62. The van der Waals surface area contributed by atoms with E-state index in [0.717, 1.165) is 17.7 Å². The van der Waals surface area contributed by atoms with E-state index >= 15 is 0 Å². The first-order valence-electron chi connectivity index (χ1n) is 8.90. The lowest BCUT2D eigenvalue weighted by atomic mass is 10.2. The van der Waals surface area contributed by atoms with Crippen molar-refractivity contribution in [2.24, 2.45) is 0 Å². The SMILES string of the molecule is O=S(=O)(c1ccc(CNCc2ccccc2)cc1)n1ccc(C/C=C/NO)c1. The molecule has 28 heavy (non-hydrogen) atoms. The molecule has 0 radical (unpaired) electrons. The van der Waals surface area contributed by atoms with Crippen molar-refractivity contribution in [1.29, 1.82) is 0 Å². The smallest absolute Gasteiger partial charge is 0.267 e. The highest BCUT2D eigenvalue weighted by Crippen LogP contribution is 2.16. The molecule has 0 bridgehead atoms. The summed E-state index contributed by atoms with van der Waals surface area (Å²) in [7, 11) is -3.62. The van der Waals surface area contributed by atoms with Gasteiger partial charge in [0.25, 0.3) is 10.0 Å². The highest BCUT2D eigenvalue weighted by atomic mass is 32.2. The summed E-state index contributed by atoms with van der Waals surface area (Å²) < 4.78 is 26.7. The molecule has 7 heteroatoms. The Morgan fingerprint density at radius 3 is 2.25 bits per heavy atom. The van der Waals surface area contributed by atoms with Gasteiger partial charge in [0.1, 0.15) is 0 Å². The van der Waals surface area contributed by atoms with E-state index in [1.54, 1.807) is 30.5 Å². The Morgan fingerprint density at radius 2 is 1.57 bits per heavy atom. The average molecular weight is 398 g/mol. The van der Waals surface area contributed by atoms with E-state index in [0.29, 0.717) is 13.0 Å². The molecular formula is C21H23N3O3S. The van der Waals surface area contributed by atoms with E-state index < -0.39 is 10.0 Å². The largest absolute Gasteiger partial charge is 0.309 e. The lowest BCUT2D eigenvalue weighted by molar-refractivity contribution is 0.214. The molecule has 0 fully saturated rings. The van der Waals surface area contributed by atoms with Crippen LogP contribution in [0.1, 0.15) is 16.7 Å². The van der Waals surface area contributed by atoms with Gasteiger partial charge in [-0.05, 0) is 41.3 Å². The maximum absolute atomic E-state index is 12.8. The maximum atomic E-state index is 12.8. The predicted octanol–water partition coefficient (Wildman–Crippen LogP) is 3.05. The lowest BCUT2D eigenvalue weighted by Crippen LogP contribution is -2.13. The fourth-order valence-corrected chi connectivity index (χ4v) is 4.00. The van der Waals surface area contributed by atoms with E-state index in [9.17, 15) is 8.42 Å². The van der Waals surface area contributed by atoms with Crippen LogP contribution in [0.5, 0.6) is 0 Å². The van der Waals surface area contributed by atoms with Crippen LogP contribution in [0.3, 0.4) is 0 Å². The van der Waals surface area contributed by atoms with Crippen LogP contribution in [0, 0.1) is 0 Å². The molecule has 0 aliphatic heterocycles. The van der Waals surface area contributed by atoms with Gasteiger partial charge in [-0.3, -0.25) is 10.7 Å². The molecule has 0 unspecified atom stereocenters. The predicted molar refractivity (Wildman–Crippen MR) is 108 cm³/mol. The molecule has 3 aromatic rings. The molecule has 3 N–H and O–H groups in total. The molecule has 0 atom stereocenters. The van der Waals surface area contributed by atoms with Crippen LogP contribution in [-0.4, -0.2) is 17.6 Å². The summed E-state index contributed by atoms with van der Waals surface area (Å²) in [6.07, 6.45) is 6.70. The first-order valence-corrected chi connectivity index (χ1v) is 10.3. The van der Waals surface area contributed by atoms with E-state index in [4.69, 9.17) is 5.21 Å². The van der Waals surface area contributed by atoms with Crippen LogP contribution in [0.4, 0.5) is 0 Å². The third-order valence-electron chi connectivity index (χ3n) is 4.27. The van der Waals surface area contributed by atoms with Crippen LogP contribution >= 0.6 is 0 Å². The number of benzene rings is 2. The van der Waals surface area contributed by atoms with Gasteiger partial charge in [-0.2, -0.15) is 0 Å². The van der Waals surface area contributed by atoms with Crippen molar-refractivity contribution in [1.82, 2.24) is 14.8 Å². The Balaban J connectivity index is 1.62. The third-order valence-corrected chi connectivity index (χ3v) is 5.92. The van der Waals surface area contributed by atoms with Gasteiger partial charge < -0.3 is 5.32 Å². The number of hydrogen-bond acceptors (Lipinski definition) is 5. The second-order valence-electron chi connectivity index (χ2n) is 6.32. The average Bonchev–Trinajstić information content (AvgIpc) is 3.19. The van der Waals surface area contributed by atoms with Gasteiger partial charge in [0, 0.05) is 31.7 Å². The number of hydroxylamine groups is 1. The van der Waals surface area contributed by atoms with Crippen LogP contribution in [0.15, 0.2) is 90.2 Å². The van der Waals surface area contributed by atoms with Gasteiger partial charge in [-0.1, -0.05) is 48.5 Å². The zero-order chi connectivity index (χ0) is 19.8. The highest BCUT2D eigenvalue weighted by Gasteiger charge is 2.16. The second kappa shape index (κ2) is 9.36. The molecule has 0 saturated heterocycles. The maximum Gasteiger partial charge on any atom is 0.267 e. The fraction of sp³-hybridized carbons (Fsp3) is 0.143. The molecule has 2 aromatic carbocycles. The van der Waals surface area contributed by atoms with E-state index in [1.807, 2.05) is 35.8 Å². The van der Waals surface area contributed by atoms with Crippen molar-refractivity contribution < 1.29 is 13.6 Å². The summed E-state index contributed by atoms with van der Waals surface area (Å²) in [5.74, 6) is 0. The quantitative estimate of drug-likeness (QED) is 0.484. The minimum Gasteiger partial charge on any atom is -0.309 e. The van der Waals surface area contributed by atoms with Gasteiger partial charge in [-0.15, -0.1) is 0 Å². The van der Waals surface area contributed by atoms with Gasteiger partial charge in [-0.25, -0.2) is 12.4 Å². The van der Waals surface area contributed by atoms with Crippen LogP contribution in [-0.2, 0) is 29.5 Å². The molecule has 0 aliphatic carbocycles. The van der Waals surface area contributed by atoms with Crippen molar-refractivity contribution in [3.05, 3.63) is 102 Å². The molecule has 3 rings (SSSR count). The summed E-state index contributed by atoms with van der Waals surface area (Å²) in [6, 6.07) is 18.8. The van der Waals surface area contributed by atoms with Gasteiger partial charge in [0.15, 0.2) is 0 Å². The second-order valence-corrected chi connectivity index (χ2v) is 8.17. The molecule has 0 spiro atoms. The number of nitrogens with zero attached hydrogens (tertiary/aromatic N) is 1. The van der Waals surface area contributed by atoms with Gasteiger partial charge in [0.2, 0.25) is 0 Å². The zero-order valence-electron chi connectivity index (χ0n) is 15.3.